The van der Waals surface area contributed by atoms with Crippen molar-refractivity contribution in [1.82, 2.24) is 0 Å². The predicted octanol–water partition coefficient (Wildman–Crippen LogP) is 1.55. The lowest BCUT2D eigenvalue weighted by Gasteiger charge is -2.24. The molecule has 11 heavy (non-hydrogen) atoms. The average Bonchev–Trinajstić information content (AvgIpc) is 1.82. The van der Waals surface area contributed by atoms with Crippen LogP contribution < -0.4 is 0 Å². The number of halogens is 1. The van der Waals surface area contributed by atoms with E-state index in [2.05, 4.69) is 0 Å². The van der Waals surface area contributed by atoms with Gasteiger partial charge in [-0.2, -0.15) is 0 Å². The summed E-state index contributed by atoms with van der Waals surface area (Å²) in [5, 5.41) is -0.889. The van der Waals surface area contributed by atoms with Gasteiger partial charge >= 0.3 is 0 Å². The van der Waals surface area contributed by atoms with Crippen LogP contribution in [0.2, 0.25) is 0 Å². The van der Waals surface area contributed by atoms with Gasteiger partial charge < -0.3 is 0 Å². The second-order valence-corrected chi connectivity index (χ2v) is 3.44. The quantitative estimate of drug-likeness (QED) is 0.481. The molecule has 1 fully saturated rings. The number of alkyl halides is 1. The Balaban J connectivity index is 2.45. The Morgan fingerprint density at radius 3 is 2.27 bits per heavy atom. The van der Waals surface area contributed by atoms with Crippen molar-refractivity contribution in [3.05, 3.63) is 0 Å². The number of carbonyl (C=O) groups excluding carboxylic acids is 2. The number of carbonyl (C=O) groups is 2. The largest absolute Gasteiger partial charge is 0.298 e. The normalized spacial score (nSPS) is 20.5. The van der Waals surface area contributed by atoms with Gasteiger partial charge in [0.05, 0.1) is 0 Å². The Morgan fingerprint density at radius 1 is 1.45 bits per heavy atom. The number of ketones is 2. The lowest BCUT2D eigenvalue weighted by molar-refractivity contribution is -0.129. The summed E-state index contributed by atoms with van der Waals surface area (Å²) < 4.78 is 0. The van der Waals surface area contributed by atoms with E-state index in [0.717, 1.165) is 19.3 Å². The van der Waals surface area contributed by atoms with Crippen LogP contribution in [0.25, 0.3) is 0 Å². The summed E-state index contributed by atoms with van der Waals surface area (Å²) in [6, 6.07) is 0. The SMILES string of the molecule is CC(=O)[C@H](Cl)C(=O)C1CCC1. The van der Waals surface area contributed by atoms with Crippen molar-refractivity contribution in [2.45, 2.75) is 31.6 Å². The molecule has 1 rings (SSSR count). The number of hydrogen-bond donors (Lipinski definition) is 0. The molecule has 3 heteroatoms. The second kappa shape index (κ2) is 3.35. The summed E-state index contributed by atoms with van der Waals surface area (Å²) in [5.41, 5.74) is 0. The first kappa shape index (κ1) is 8.72. The maximum atomic E-state index is 11.2. The molecule has 0 spiro atoms. The fourth-order valence-electron chi connectivity index (χ4n) is 1.10. The molecule has 1 aliphatic rings. The third kappa shape index (κ3) is 1.80. The molecule has 0 N–H and O–H groups in total. The smallest absolute Gasteiger partial charge is 0.161 e. The van der Waals surface area contributed by atoms with Crippen LogP contribution in [0.5, 0.6) is 0 Å². The van der Waals surface area contributed by atoms with Crippen LogP contribution in [0, 0.1) is 5.92 Å². The third-order valence-electron chi connectivity index (χ3n) is 2.11. The molecule has 1 aliphatic carbocycles. The van der Waals surface area contributed by atoms with Crippen molar-refractivity contribution in [3.63, 3.8) is 0 Å². The summed E-state index contributed by atoms with van der Waals surface area (Å²) in [6.45, 7) is 1.36. The molecule has 0 heterocycles. The predicted molar refractivity (Wildman–Crippen MR) is 42.7 cm³/mol. The van der Waals surface area contributed by atoms with Crippen LogP contribution >= 0.6 is 11.6 Å². The Hall–Kier alpha value is -0.370. The highest BCUT2D eigenvalue weighted by Gasteiger charge is 2.31. The van der Waals surface area contributed by atoms with Crippen molar-refractivity contribution >= 4 is 23.2 Å². The van der Waals surface area contributed by atoms with Crippen LogP contribution in [0.4, 0.5) is 0 Å². The molecule has 0 amide bonds. The van der Waals surface area contributed by atoms with Gasteiger partial charge in [-0.05, 0) is 19.8 Å². The molecule has 2 nitrogen and oxygen atoms in total. The highest BCUT2D eigenvalue weighted by atomic mass is 35.5. The monoisotopic (exact) mass is 174 g/mol. The Kier molecular flexibility index (Phi) is 2.66. The Morgan fingerprint density at radius 2 is 2.00 bits per heavy atom. The minimum atomic E-state index is -0.889. The van der Waals surface area contributed by atoms with Crippen molar-refractivity contribution in [2.75, 3.05) is 0 Å². The molecular formula is C8H11ClO2. The third-order valence-corrected chi connectivity index (χ3v) is 2.64. The maximum Gasteiger partial charge on any atom is 0.161 e. The number of Topliss-reactive ketones (excluding diaryl/α,β-unsaturated/α-hetero) is 2. The van der Waals surface area contributed by atoms with Crippen molar-refractivity contribution in [2.24, 2.45) is 5.92 Å². The van der Waals surface area contributed by atoms with Crippen LogP contribution in [0.1, 0.15) is 26.2 Å². The summed E-state index contributed by atoms with van der Waals surface area (Å²) in [4.78, 5) is 21.9. The number of hydrogen-bond acceptors (Lipinski definition) is 2. The summed E-state index contributed by atoms with van der Waals surface area (Å²) >= 11 is 5.57. The second-order valence-electron chi connectivity index (χ2n) is 3.00. The van der Waals surface area contributed by atoms with Gasteiger partial charge in [-0.1, -0.05) is 6.42 Å². The fraction of sp³-hybridized carbons (Fsp3) is 0.750. The zero-order valence-electron chi connectivity index (χ0n) is 6.47. The first-order valence-electron chi connectivity index (χ1n) is 3.81. The van der Waals surface area contributed by atoms with E-state index in [0.29, 0.717) is 0 Å². The molecule has 0 saturated heterocycles. The zero-order chi connectivity index (χ0) is 8.43. The first-order chi connectivity index (χ1) is 5.13. The van der Waals surface area contributed by atoms with Crippen molar-refractivity contribution < 1.29 is 9.59 Å². The molecule has 0 aromatic heterocycles. The zero-order valence-corrected chi connectivity index (χ0v) is 7.23. The van der Waals surface area contributed by atoms with E-state index in [1.54, 1.807) is 0 Å². The Bertz CT molecular complexity index is 185. The van der Waals surface area contributed by atoms with E-state index in [4.69, 9.17) is 11.6 Å². The van der Waals surface area contributed by atoms with E-state index >= 15 is 0 Å². The molecule has 0 aromatic carbocycles. The number of rotatable bonds is 3. The van der Waals surface area contributed by atoms with Gasteiger partial charge in [-0.15, -0.1) is 11.6 Å². The average molecular weight is 175 g/mol. The molecule has 1 saturated carbocycles. The molecule has 0 unspecified atom stereocenters. The molecule has 0 aromatic rings. The molecule has 0 radical (unpaired) electrons. The van der Waals surface area contributed by atoms with E-state index < -0.39 is 5.38 Å². The lowest BCUT2D eigenvalue weighted by atomic mass is 9.80. The summed E-state index contributed by atoms with van der Waals surface area (Å²) in [6.07, 6.45) is 2.92. The van der Waals surface area contributed by atoms with Gasteiger partial charge in [-0.25, -0.2) is 0 Å². The van der Waals surface area contributed by atoms with E-state index in [1.165, 1.54) is 6.92 Å². The maximum absolute atomic E-state index is 11.2. The summed E-state index contributed by atoms with van der Waals surface area (Å²) in [5.74, 6) is -0.240. The van der Waals surface area contributed by atoms with Gasteiger partial charge in [0.2, 0.25) is 0 Å². The highest BCUT2D eigenvalue weighted by Crippen LogP contribution is 2.29. The van der Waals surface area contributed by atoms with Crippen LogP contribution in [-0.4, -0.2) is 16.9 Å². The summed E-state index contributed by atoms with van der Waals surface area (Å²) in [7, 11) is 0. The standard InChI is InChI=1S/C8H11ClO2/c1-5(10)7(9)8(11)6-3-2-4-6/h6-7H,2-4H2,1H3/t7-/m0/s1. The Labute approximate surface area is 70.9 Å². The van der Waals surface area contributed by atoms with Gasteiger partial charge in [0.25, 0.3) is 0 Å². The van der Waals surface area contributed by atoms with Crippen LogP contribution in [0.3, 0.4) is 0 Å². The van der Waals surface area contributed by atoms with Crippen molar-refractivity contribution in [3.8, 4) is 0 Å². The van der Waals surface area contributed by atoms with E-state index in [9.17, 15) is 9.59 Å². The lowest BCUT2D eigenvalue weighted by Crippen LogP contribution is -2.32. The van der Waals surface area contributed by atoms with E-state index in [-0.39, 0.29) is 17.5 Å². The first-order valence-corrected chi connectivity index (χ1v) is 4.25. The van der Waals surface area contributed by atoms with Crippen LogP contribution in [-0.2, 0) is 9.59 Å². The molecule has 0 bridgehead atoms. The molecule has 62 valence electrons. The highest BCUT2D eigenvalue weighted by molar-refractivity contribution is 6.42. The van der Waals surface area contributed by atoms with Gasteiger partial charge in [0.1, 0.15) is 0 Å². The topological polar surface area (TPSA) is 34.1 Å². The minimum Gasteiger partial charge on any atom is -0.298 e. The van der Waals surface area contributed by atoms with Crippen molar-refractivity contribution in [1.29, 1.82) is 0 Å². The molecule has 1 atom stereocenters. The molecule has 0 aliphatic heterocycles. The van der Waals surface area contributed by atoms with Gasteiger partial charge in [-0.3, -0.25) is 9.59 Å². The van der Waals surface area contributed by atoms with Crippen LogP contribution in [0.15, 0.2) is 0 Å². The fourth-order valence-corrected chi connectivity index (χ4v) is 1.28. The van der Waals surface area contributed by atoms with E-state index in [1.807, 2.05) is 0 Å². The van der Waals surface area contributed by atoms with Gasteiger partial charge in [0, 0.05) is 5.92 Å². The minimum absolute atomic E-state index is 0.0707. The van der Waals surface area contributed by atoms with Gasteiger partial charge in [0.15, 0.2) is 16.9 Å². The molecular weight excluding hydrogens is 164 g/mol.